The predicted octanol–water partition coefficient (Wildman–Crippen LogP) is 2.60. The van der Waals surface area contributed by atoms with Gasteiger partial charge in [0, 0.05) is 12.0 Å². The summed E-state index contributed by atoms with van der Waals surface area (Å²) in [5, 5.41) is 4.06. The second-order valence-corrected chi connectivity index (χ2v) is 6.24. The van der Waals surface area contributed by atoms with Crippen LogP contribution in [-0.4, -0.2) is 28.1 Å². The van der Waals surface area contributed by atoms with Gasteiger partial charge in [0.2, 0.25) is 5.89 Å². The molecule has 1 aliphatic rings. The Morgan fingerprint density at radius 2 is 2.18 bits per heavy atom. The summed E-state index contributed by atoms with van der Waals surface area (Å²) in [5.41, 5.74) is -0.0308. The summed E-state index contributed by atoms with van der Waals surface area (Å²) < 4.78 is 5.33. The maximum absolute atomic E-state index is 5.33. The monoisotopic (exact) mass is 237 g/mol. The van der Waals surface area contributed by atoms with E-state index < -0.39 is 0 Å². The third kappa shape index (κ3) is 3.28. The highest BCUT2D eigenvalue weighted by Gasteiger charge is 2.23. The van der Waals surface area contributed by atoms with Crippen LogP contribution in [0.2, 0.25) is 0 Å². The predicted molar refractivity (Wildman–Crippen MR) is 66.7 cm³/mol. The van der Waals surface area contributed by atoms with Crippen LogP contribution in [0.5, 0.6) is 0 Å². The van der Waals surface area contributed by atoms with E-state index in [4.69, 9.17) is 4.52 Å². The van der Waals surface area contributed by atoms with Gasteiger partial charge < -0.3 is 4.52 Å². The average molecular weight is 237 g/mol. The Hall–Kier alpha value is -0.900. The molecule has 0 radical (unpaired) electrons. The fraction of sp³-hybridized carbons (Fsp3) is 0.846. The minimum Gasteiger partial charge on any atom is -0.338 e. The number of hydrogen-bond acceptors (Lipinski definition) is 4. The molecule has 0 aromatic carbocycles. The summed E-state index contributed by atoms with van der Waals surface area (Å²) in [6, 6.07) is 0. The normalized spacial score (nSPS) is 22.9. The number of nitrogens with zero attached hydrogens (tertiary/aromatic N) is 3. The molecule has 4 heteroatoms. The van der Waals surface area contributed by atoms with Gasteiger partial charge in [-0.2, -0.15) is 4.98 Å². The number of piperidine rings is 1. The Balaban J connectivity index is 1.97. The minimum atomic E-state index is -0.0308. The number of rotatable bonds is 2. The molecule has 0 aliphatic carbocycles. The Bertz CT molecular complexity index is 367. The molecule has 0 spiro atoms. The lowest BCUT2D eigenvalue weighted by Crippen LogP contribution is -2.33. The van der Waals surface area contributed by atoms with Gasteiger partial charge in [-0.05, 0) is 25.3 Å². The van der Waals surface area contributed by atoms with Crippen molar-refractivity contribution in [3.63, 3.8) is 0 Å². The fourth-order valence-corrected chi connectivity index (χ4v) is 2.25. The first kappa shape index (κ1) is 12.6. The SMILES string of the molecule is CC1CCCN(Cc2nc(C(C)(C)C)no2)C1. The smallest absolute Gasteiger partial charge is 0.240 e. The van der Waals surface area contributed by atoms with E-state index >= 15 is 0 Å². The molecule has 4 nitrogen and oxygen atoms in total. The third-order valence-electron chi connectivity index (χ3n) is 3.24. The van der Waals surface area contributed by atoms with E-state index in [1.54, 1.807) is 0 Å². The molecule has 17 heavy (non-hydrogen) atoms. The highest BCUT2D eigenvalue weighted by atomic mass is 16.5. The first-order valence-corrected chi connectivity index (χ1v) is 6.50. The average Bonchev–Trinajstić information content (AvgIpc) is 2.65. The van der Waals surface area contributed by atoms with Crippen molar-refractivity contribution in [1.82, 2.24) is 15.0 Å². The summed E-state index contributed by atoms with van der Waals surface area (Å²) in [6.07, 6.45) is 2.62. The molecule has 96 valence electrons. The Morgan fingerprint density at radius 1 is 1.41 bits per heavy atom. The molecule has 0 N–H and O–H groups in total. The Morgan fingerprint density at radius 3 is 2.76 bits per heavy atom. The van der Waals surface area contributed by atoms with Crippen molar-refractivity contribution in [2.75, 3.05) is 13.1 Å². The van der Waals surface area contributed by atoms with Crippen LogP contribution in [0.3, 0.4) is 0 Å². The van der Waals surface area contributed by atoms with Gasteiger partial charge in [0.15, 0.2) is 5.82 Å². The summed E-state index contributed by atoms with van der Waals surface area (Å²) in [5.74, 6) is 2.34. The molecule has 2 heterocycles. The highest BCUT2D eigenvalue weighted by Crippen LogP contribution is 2.20. The van der Waals surface area contributed by atoms with Gasteiger partial charge >= 0.3 is 0 Å². The molecule has 1 aliphatic heterocycles. The maximum atomic E-state index is 5.33. The highest BCUT2D eigenvalue weighted by molar-refractivity contribution is 4.99. The van der Waals surface area contributed by atoms with Gasteiger partial charge in [-0.25, -0.2) is 0 Å². The van der Waals surface area contributed by atoms with Crippen molar-refractivity contribution in [2.24, 2.45) is 5.92 Å². The van der Waals surface area contributed by atoms with Crippen LogP contribution in [0.1, 0.15) is 52.3 Å². The van der Waals surface area contributed by atoms with E-state index in [1.807, 2.05) is 0 Å². The van der Waals surface area contributed by atoms with E-state index in [1.165, 1.54) is 12.8 Å². The molecule has 2 rings (SSSR count). The zero-order valence-electron chi connectivity index (χ0n) is 11.4. The van der Waals surface area contributed by atoms with Gasteiger partial charge in [0.25, 0.3) is 0 Å². The van der Waals surface area contributed by atoms with Crippen molar-refractivity contribution in [2.45, 2.75) is 52.5 Å². The second-order valence-electron chi connectivity index (χ2n) is 6.24. The van der Waals surface area contributed by atoms with Crippen molar-refractivity contribution in [3.8, 4) is 0 Å². The molecule has 1 aromatic rings. The third-order valence-corrected chi connectivity index (χ3v) is 3.24. The molecule has 0 amide bonds. The molecule has 0 bridgehead atoms. The first-order valence-electron chi connectivity index (χ1n) is 6.50. The largest absolute Gasteiger partial charge is 0.338 e. The maximum Gasteiger partial charge on any atom is 0.240 e. The van der Waals surface area contributed by atoms with E-state index in [-0.39, 0.29) is 5.41 Å². The molecule has 1 saturated heterocycles. The number of hydrogen-bond donors (Lipinski definition) is 0. The van der Waals surface area contributed by atoms with E-state index in [2.05, 4.69) is 42.7 Å². The standard InChI is InChI=1S/C13H23N3O/c1-10-6-5-7-16(8-10)9-11-14-12(15-17-11)13(2,3)4/h10H,5-9H2,1-4H3. The van der Waals surface area contributed by atoms with Crippen molar-refractivity contribution in [3.05, 3.63) is 11.7 Å². The Kier molecular flexibility index (Phi) is 3.52. The molecular formula is C13H23N3O. The zero-order chi connectivity index (χ0) is 12.5. The van der Waals surface area contributed by atoms with Crippen LogP contribution >= 0.6 is 0 Å². The second kappa shape index (κ2) is 4.77. The van der Waals surface area contributed by atoms with E-state index in [0.29, 0.717) is 0 Å². The van der Waals surface area contributed by atoms with Gasteiger partial charge in [-0.3, -0.25) is 4.90 Å². The topological polar surface area (TPSA) is 42.2 Å². The van der Waals surface area contributed by atoms with Crippen molar-refractivity contribution < 1.29 is 4.52 Å². The zero-order valence-corrected chi connectivity index (χ0v) is 11.4. The number of likely N-dealkylation sites (tertiary alicyclic amines) is 1. The minimum absolute atomic E-state index is 0.0308. The van der Waals surface area contributed by atoms with Gasteiger partial charge in [0.05, 0.1) is 6.54 Å². The lowest BCUT2D eigenvalue weighted by atomic mass is 9.96. The van der Waals surface area contributed by atoms with E-state index in [0.717, 1.165) is 37.3 Å². The van der Waals surface area contributed by atoms with Gasteiger partial charge in [-0.15, -0.1) is 0 Å². The van der Waals surface area contributed by atoms with Gasteiger partial charge in [0.1, 0.15) is 0 Å². The van der Waals surface area contributed by atoms with Crippen LogP contribution in [-0.2, 0) is 12.0 Å². The van der Waals surface area contributed by atoms with Crippen LogP contribution in [0.15, 0.2) is 4.52 Å². The number of aromatic nitrogens is 2. The summed E-state index contributed by atoms with van der Waals surface area (Å²) in [6.45, 7) is 11.7. The van der Waals surface area contributed by atoms with Crippen LogP contribution in [0.25, 0.3) is 0 Å². The van der Waals surface area contributed by atoms with Crippen molar-refractivity contribution >= 4 is 0 Å². The first-order chi connectivity index (χ1) is 7.95. The fourth-order valence-electron chi connectivity index (χ4n) is 2.25. The van der Waals surface area contributed by atoms with E-state index in [9.17, 15) is 0 Å². The molecule has 1 aromatic heterocycles. The summed E-state index contributed by atoms with van der Waals surface area (Å²) in [7, 11) is 0. The molecule has 0 saturated carbocycles. The Labute approximate surface area is 103 Å². The van der Waals surface area contributed by atoms with Crippen LogP contribution in [0, 0.1) is 5.92 Å². The van der Waals surface area contributed by atoms with Crippen molar-refractivity contribution in [1.29, 1.82) is 0 Å². The van der Waals surface area contributed by atoms with Gasteiger partial charge in [-0.1, -0.05) is 32.9 Å². The molecule has 1 atom stereocenters. The van der Waals surface area contributed by atoms with Crippen LogP contribution in [0.4, 0.5) is 0 Å². The summed E-state index contributed by atoms with van der Waals surface area (Å²) in [4.78, 5) is 6.89. The van der Waals surface area contributed by atoms with Crippen LogP contribution < -0.4 is 0 Å². The molecule has 1 fully saturated rings. The molecular weight excluding hydrogens is 214 g/mol. The lowest BCUT2D eigenvalue weighted by Gasteiger charge is -2.29. The molecule has 1 unspecified atom stereocenters. The lowest BCUT2D eigenvalue weighted by molar-refractivity contribution is 0.157. The summed E-state index contributed by atoms with van der Waals surface area (Å²) >= 11 is 0. The quantitative estimate of drug-likeness (QED) is 0.793.